The van der Waals surface area contributed by atoms with Gasteiger partial charge in [0.05, 0.1) is 25.5 Å². The molecule has 2 amide bonds. The molecule has 1 aliphatic heterocycles. The highest BCUT2D eigenvalue weighted by molar-refractivity contribution is 6.16. The Labute approximate surface area is 162 Å². The Morgan fingerprint density at radius 3 is 2.50 bits per heavy atom. The number of benzene rings is 2. The minimum absolute atomic E-state index is 0.0232. The topological polar surface area (TPSA) is 71.8 Å². The number of nitrogens with zero attached hydrogens (tertiary/aromatic N) is 1. The summed E-state index contributed by atoms with van der Waals surface area (Å²) in [6.07, 6.45) is 1.53. The van der Waals surface area contributed by atoms with E-state index < -0.39 is 5.54 Å². The van der Waals surface area contributed by atoms with Crippen LogP contribution in [0.3, 0.4) is 0 Å². The fourth-order valence-electron chi connectivity index (χ4n) is 3.54. The SMILES string of the molecule is COc1ccccc1NC(=O)C1(c2ccco2)CC(=O)N1c1ccc(C)cc1. The standard InChI is InChI=1S/C22H20N2O4/c1-15-9-11-16(12-10-15)24-20(25)14-22(24,19-8-5-13-28-19)21(26)23-17-6-3-4-7-18(17)27-2/h3-13H,14H2,1-2H3,(H,23,26). The van der Waals surface area contributed by atoms with Crippen LogP contribution in [0.4, 0.5) is 11.4 Å². The third-order valence-electron chi connectivity index (χ3n) is 4.99. The first-order chi connectivity index (χ1) is 13.6. The molecule has 1 saturated heterocycles. The number of rotatable bonds is 5. The summed E-state index contributed by atoms with van der Waals surface area (Å²) in [5.41, 5.74) is 0.993. The van der Waals surface area contributed by atoms with Crippen LogP contribution in [0.15, 0.2) is 71.3 Å². The van der Waals surface area contributed by atoms with Gasteiger partial charge in [0, 0.05) is 5.69 Å². The number of hydrogen-bond acceptors (Lipinski definition) is 4. The molecule has 6 heteroatoms. The molecule has 0 saturated carbocycles. The molecule has 1 aromatic heterocycles. The summed E-state index contributed by atoms with van der Waals surface area (Å²) in [6, 6.07) is 18.1. The molecule has 1 aliphatic rings. The van der Waals surface area contributed by atoms with Gasteiger partial charge in [-0.2, -0.15) is 0 Å². The van der Waals surface area contributed by atoms with Gasteiger partial charge >= 0.3 is 0 Å². The van der Waals surface area contributed by atoms with Crippen molar-refractivity contribution >= 4 is 23.2 Å². The van der Waals surface area contributed by atoms with E-state index in [-0.39, 0.29) is 18.2 Å². The highest BCUT2D eigenvalue weighted by Crippen LogP contribution is 2.46. The first-order valence-corrected chi connectivity index (χ1v) is 8.94. The number of carbonyl (C=O) groups excluding carboxylic acids is 2. The third-order valence-corrected chi connectivity index (χ3v) is 4.99. The third kappa shape index (κ3) is 2.74. The van der Waals surface area contributed by atoms with Gasteiger partial charge in [0.25, 0.3) is 5.91 Å². The highest BCUT2D eigenvalue weighted by atomic mass is 16.5. The molecular formula is C22H20N2O4. The summed E-state index contributed by atoms with van der Waals surface area (Å²) in [5, 5.41) is 2.91. The van der Waals surface area contributed by atoms with Crippen molar-refractivity contribution < 1.29 is 18.7 Å². The van der Waals surface area contributed by atoms with Gasteiger partial charge < -0.3 is 14.5 Å². The van der Waals surface area contributed by atoms with Crippen LogP contribution in [-0.4, -0.2) is 18.9 Å². The number of carbonyl (C=O) groups is 2. The lowest BCUT2D eigenvalue weighted by Gasteiger charge is -2.49. The number of β-lactam (4-membered cyclic amide) rings is 1. The number of ether oxygens (including phenoxy) is 1. The summed E-state index contributed by atoms with van der Waals surface area (Å²) in [6.45, 7) is 1.97. The van der Waals surface area contributed by atoms with Gasteiger partial charge in [0.1, 0.15) is 11.5 Å². The minimum Gasteiger partial charge on any atom is -0.495 e. The number of hydrogen-bond donors (Lipinski definition) is 1. The Morgan fingerprint density at radius 1 is 1.11 bits per heavy atom. The van der Waals surface area contributed by atoms with E-state index in [1.807, 2.05) is 37.3 Å². The lowest BCUT2D eigenvalue weighted by Crippen LogP contribution is -2.67. The van der Waals surface area contributed by atoms with Crippen molar-refractivity contribution in [1.29, 1.82) is 0 Å². The summed E-state index contributed by atoms with van der Waals surface area (Å²) >= 11 is 0. The Morgan fingerprint density at radius 2 is 1.86 bits per heavy atom. The molecular weight excluding hydrogens is 356 g/mol. The Bertz CT molecular complexity index is 1010. The number of amides is 2. The van der Waals surface area contributed by atoms with Gasteiger partial charge in [-0.3, -0.25) is 14.5 Å². The first kappa shape index (κ1) is 17.9. The van der Waals surface area contributed by atoms with Gasteiger partial charge in [-0.05, 0) is 43.3 Å². The number of nitrogens with one attached hydrogen (secondary N) is 1. The molecule has 1 atom stereocenters. The zero-order chi connectivity index (χ0) is 19.7. The molecule has 1 unspecified atom stereocenters. The predicted octanol–water partition coefficient (Wildman–Crippen LogP) is 3.87. The van der Waals surface area contributed by atoms with Gasteiger partial charge in [0.15, 0.2) is 5.54 Å². The molecule has 1 N–H and O–H groups in total. The van der Waals surface area contributed by atoms with Crippen molar-refractivity contribution in [1.82, 2.24) is 0 Å². The summed E-state index contributed by atoms with van der Waals surface area (Å²) in [5.74, 6) is 0.459. The fraction of sp³-hybridized carbons (Fsp3) is 0.182. The highest BCUT2D eigenvalue weighted by Gasteiger charge is 2.60. The van der Waals surface area contributed by atoms with Gasteiger partial charge in [-0.25, -0.2) is 0 Å². The second-order valence-corrected chi connectivity index (χ2v) is 6.73. The minimum atomic E-state index is -1.25. The molecule has 2 aromatic carbocycles. The predicted molar refractivity (Wildman–Crippen MR) is 105 cm³/mol. The molecule has 142 valence electrons. The molecule has 1 fully saturated rings. The molecule has 3 aromatic rings. The van der Waals surface area contributed by atoms with Gasteiger partial charge in [-0.1, -0.05) is 29.8 Å². The Kier molecular flexibility index (Phi) is 4.39. The zero-order valence-corrected chi connectivity index (χ0v) is 15.6. The summed E-state index contributed by atoms with van der Waals surface area (Å²) in [7, 11) is 1.54. The number of methoxy groups -OCH3 is 1. The van der Waals surface area contributed by atoms with Crippen LogP contribution in [0.1, 0.15) is 17.7 Å². The lowest BCUT2D eigenvalue weighted by molar-refractivity contribution is -0.138. The second kappa shape index (κ2) is 6.88. The molecule has 0 radical (unpaired) electrons. The van der Waals surface area contributed by atoms with Crippen molar-refractivity contribution in [2.45, 2.75) is 18.9 Å². The smallest absolute Gasteiger partial charge is 0.259 e. The Balaban J connectivity index is 1.76. The quantitative estimate of drug-likeness (QED) is 0.686. The van der Waals surface area contributed by atoms with E-state index in [1.165, 1.54) is 11.2 Å². The average Bonchev–Trinajstić information content (AvgIpc) is 3.22. The molecule has 6 nitrogen and oxygen atoms in total. The molecule has 0 bridgehead atoms. The molecule has 28 heavy (non-hydrogen) atoms. The number of furan rings is 1. The van der Waals surface area contributed by atoms with E-state index in [0.29, 0.717) is 22.9 Å². The maximum atomic E-state index is 13.5. The van der Waals surface area contributed by atoms with E-state index in [2.05, 4.69) is 5.32 Å². The van der Waals surface area contributed by atoms with Crippen molar-refractivity contribution in [3.8, 4) is 5.75 Å². The molecule has 0 aliphatic carbocycles. The number of anilines is 2. The first-order valence-electron chi connectivity index (χ1n) is 8.94. The number of aryl methyl sites for hydroxylation is 1. The van der Waals surface area contributed by atoms with E-state index in [9.17, 15) is 9.59 Å². The van der Waals surface area contributed by atoms with Crippen molar-refractivity contribution in [3.63, 3.8) is 0 Å². The normalized spacial score (nSPS) is 18.5. The number of para-hydroxylation sites is 2. The van der Waals surface area contributed by atoms with Gasteiger partial charge in [-0.15, -0.1) is 0 Å². The second-order valence-electron chi connectivity index (χ2n) is 6.73. The van der Waals surface area contributed by atoms with Crippen LogP contribution < -0.4 is 15.0 Å². The largest absolute Gasteiger partial charge is 0.495 e. The summed E-state index contributed by atoms with van der Waals surface area (Å²) in [4.78, 5) is 27.5. The van der Waals surface area contributed by atoms with Gasteiger partial charge in [0.2, 0.25) is 5.91 Å². The van der Waals surface area contributed by atoms with E-state index in [0.717, 1.165) is 5.56 Å². The van der Waals surface area contributed by atoms with Crippen LogP contribution >= 0.6 is 0 Å². The van der Waals surface area contributed by atoms with E-state index in [1.54, 1.807) is 37.4 Å². The van der Waals surface area contributed by atoms with Crippen LogP contribution in [-0.2, 0) is 15.1 Å². The van der Waals surface area contributed by atoms with Crippen molar-refractivity contribution in [2.24, 2.45) is 0 Å². The Hall–Kier alpha value is -3.54. The summed E-state index contributed by atoms with van der Waals surface area (Å²) < 4.78 is 10.9. The van der Waals surface area contributed by atoms with Crippen LogP contribution in [0, 0.1) is 6.92 Å². The maximum Gasteiger partial charge on any atom is 0.259 e. The van der Waals surface area contributed by atoms with E-state index >= 15 is 0 Å². The zero-order valence-electron chi connectivity index (χ0n) is 15.6. The average molecular weight is 376 g/mol. The van der Waals surface area contributed by atoms with Crippen LogP contribution in [0.2, 0.25) is 0 Å². The lowest BCUT2D eigenvalue weighted by atomic mass is 9.79. The fourth-order valence-corrected chi connectivity index (χ4v) is 3.54. The molecule has 2 heterocycles. The van der Waals surface area contributed by atoms with Crippen LogP contribution in [0.25, 0.3) is 0 Å². The van der Waals surface area contributed by atoms with E-state index in [4.69, 9.17) is 9.15 Å². The van der Waals surface area contributed by atoms with Crippen molar-refractivity contribution in [3.05, 3.63) is 78.3 Å². The molecule has 0 spiro atoms. The monoisotopic (exact) mass is 376 g/mol. The maximum absolute atomic E-state index is 13.5. The van der Waals surface area contributed by atoms with Crippen molar-refractivity contribution in [2.75, 3.05) is 17.3 Å². The van der Waals surface area contributed by atoms with Crippen LogP contribution in [0.5, 0.6) is 5.75 Å². The molecule has 4 rings (SSSR count).